The molecule has 0 saturated heterocycles. The molecule has 0 saturated carbocycles. The lowest BCUT2D eigenvalue weighted by Crippen LogP contribution is -2.29. The van der Waals surface area contributed by atoms with Gasteiger partial charge in [-0.3, -0.25) is 14.5 Å². The minimum absolute atomic E-state index is 0.104. The van der Waals surface area contributed by atoms with Gasteiger partial charge in [-0.25, -0.2) is 0 Å². The molecule has 1 aromatic heterocycles. The zero-order chi connectivity index (χ0) is 25.6. The Morgan fingerprint density at radius 2 is 1.67 bits per heavy atom. The van der Waals surface area contributed by atoms with Crippen LogP contribution in [0.15, 0.2) is 69.9 Å². The highest BCUT2D eigenvalue weighted by Crippen LogP contribution is 2.42. The minimum Gasteiger partial charge on any atom is -0.494 e. The summed E-state index contributed by atoms with van der Waals surface area (Å²) >= 11 is 0. The van der Waals surface area contributed by atoms with E-state index in [0.717, 1.165) is 34.4 Å². The summed E-state index contributed by atoms with van der Waals surface area (Å²) in [5.41, 5.74) is 5.26. The van der Waals surface area contributed by atoms with Gasteiger partial charge in [-0.2, -0.15) is 0 Å². The van der Waals surface area contributed by atoms with Crippen LogP contribution >= 0.6 is 0 Å². The Labute approximate surface area is 211 Å². The van der Waals surface area contributed by atoms with Gasteiger partial charge in [0.1, 0.15) is 11.3 Å². The number of carbonyl (C=O) groups excluding carboxylic acids is 1. The molecule has 184 valence electrons. The maximum absolute atomic E-state index is 13.9. The standard InChI is InChI=1S/C31H31NO4/c1-18(2)13-14-35-24-8-6-7-22(17-24)28-27-29(33)25-15-20(4)21(5)16-26(25)36-30(27)31(34)32(28)23-11-9-19(3)10-12-23/h6-12,15-18,28H,13-14H2,1-5H3. The van der Waals surface area contributed by atoms with Gasteiger partial charge in [-0.1, -0.05) is 43.7 Å². The van der Waals surface area contributed by atoms with E-state index in [1.54, 1.807) is 4.90 Å². The van der Waals surface area contributed by atoms with Gasteiger partial charge in [0.2, 0.25) is 5.76 Å². The van der Waals surface area contributed by atoms with Gasteiger partial charge in [-0.05, 0) is 86.2 Å². The van der Waals surface area contributed by atoms with Crippen molar-refractivity contribution in [1.82, 2.24) is 0 Å². The van der Waals surface area contributed by atoms with E-state index in [4.69, 9.17) is 9.15 Å². The van der Waals surface area contributed by atoms with Crippen LogP contribution in [0.25, 0.3) is 11.0 Å². The van der Waals surface area contributed by atoms with E-state index in [0.29, 0.717) is 34.7 Å². The lowest BCUT2D eigenvalue weighted by atomic mass is 9.97. The molecule has 3 aromatic carbocycles. The predicted molar refractivity (Wildman–Crippen MR) is 143 cm³/mol. The predicted octanol–water partition coefficient (Wildman–Crippen LogP) is 6.89. The number of hydrogen-bond donors (Lipinski definition) is 0. The molecule has 0 spiro atoms. The highest BCUT2D eigenvalue weighted by atomic mass is 16.5. The average molecular weight is 482 g/mol. The van der Waals surface area contributed by atoms with Crippen molar-refractivity contribution < 1.29 is 13.9 Å². The summed E-state index contributed by atoms with van der Waals surface area (Å²) < 4.78 is 12.2. The van der Waals surface area contributed by atoms with Gasteiger partial charge in [-0.15, -0.1) is 0 Å². The van der Waals surface area contributed by atoms with Crippen molar-refractivity contribution in [2.75, 3.05) is 11.5 Å². The van der Waals surface area contributed by atoms with Crippen LogP contribution in [0.2, 0.25) is 0 Å². The van der Waals surface area contributed by atoms with Crippen molar-refractivity contribution in [3.05, 3.63) is 104 Å². The second-order valence-corrected chi connectivity index (χ2v) is 10.1. The van der Waals surface area contributed by atoms with Crippen LogP contribution in [0.5, 0.6) is 5.75 Å². The molecule has 1 unspecified atom stereocenters. The van der Waals surface area contributed by atoms with Crippen molar-refractivity contribution in [1.29, 1.82) is 0 Å². The Morgan fingerprint density at radius 3 is 2.39 bits per heavy atom. The number of fused-ring (bicyclic) bond motifs is 2. The molecule has 4 aromatic rings. The van der Waals surface area contributed by atoms with E-state index in [9.17, 15) is 9.59 Å². The molecular weight excluding hydrogens is 450 g/mol. The number of nitrogens with zero attached hydrogens (tertiary/aromatic N) is 1. The van der Waals surface area contributed by atoms with Crippen LogP contribution in [-0.2, 0) is 0 Å². The topological polar surface area (TPSA) is 59.8 Å². The van der Waals surface area contributed by atoms with Gasteiger partial charge >= 0.3 is 0 Å². The molecule has 0 radical (unpaired) electrons. The van der Waals surface area contributed by atoms with E-state index in [-0.39, 0.29) is 17.1 Å². The van der Waals surface area contributed by atoms with Gasteiger partial charge in [0.15, 0.2) is 5.43 Å². The van der Waals surface area contributed by atoms with Gasteiger partial charge in [0.25, 0.3) is 5.91 Å². The Bertz CT molecular complexity index is 1510. The monoisotopic (exact) mass is 481 g/mol. The third-order valence-corrected chi connectivity index (χ3v) is 6.94. The van der Waals surface area contributed by atoms with E-state index in [1.807, 2.05) is 81.4 Å². The average Bonchev–Trinajstić information content (AvgIpc) is 3.13. The normalized spacial score (nSPS) is 15.1. The highest BCUT2D eigenvalue weighted by molar-refractivity contribution is 6.10. The first-order chi connectivity index (χ1) is 17.2. The first kappa shape index (κ1) is 23.9. The van der Waals surface area contributed by atoms with Crippen LogP contribution in [-0.4, -0.2) is 12.5 Å². The van der Waals surface area contributed by atoms with E-state index >= 15 is 0 Å². The number of rotatable bonds is 6. The molecule has 5 nitrogen and oxygen atoms in total. The Hall–Kier alpha value is -3.86. The Balaban J connectivity index is 1.69. The number of amides is 1. The Morgan fingerprint density at radius 1 is 0.944 bits per heavy atom. The van der Waals surface area contributed by atoms with Crippen molar-refractivity contribution in [3.8, 4) is 5.75 Å². The quantitative estimate of drug-likeness (QED) is 0.301. The van der Waals surface area contributed by atoms with E-state index in [1.165, 1.54) is 0 Å². The zero-order valence-corrected chi connectivity index (χ0v) is 21.4. The summed E-state index contributed by atoms with van der Waals surface area (Å²) in [5.74, 6) is 1.04. The first-order valence-electron chi connectivity index (χ1n) is 12.5. The smallest absolute Gasteiger partial charge is 0.295 e. The second-order valence-electron chi connectivity index (χ2n) is 10.1. The summed E-state index contributed by atoms with van der Waals surface area (Å²) in [4.78, 5) is 29.4. The Kier molecular flexibility index (Phi) is 6.17. The minimum atomic E-state index is -0.619. The molecule has 0 aliphatic carbocycles. The molecule has 1 aliphatic rings. The molecule has 2 heterocycles. The zero-order valence-electron chi connectivity index (χ0n) is 21.4. The van der Waals surface area contributed by atoms with Crippen LogP contribution in [0.4, 0.5) is 5.69 Å². The molecule has 1 amide bonds. The molecule has 0 N–H and O–H groups in total. The fourth-order valence-corrected chi connectivity index (χ4v) is 4.70. The molecular formula is C31H31NO4. The third kappa shape index (κ3) is 4.19. The molecule has 1 atom stereocenters. The summed E-state index contributed by atoms with van der Waals surface area (Å²) in [6, 6.07) is 18.5. The summed E-state index contributed by atoms with van der Waals surface area (Å²) in [6.45, 7) is 10.9. The van der Waals surface area contributed by atoms with E-state index < -0.39 is 6.04 Å². The summed E-state index contributed by atoms with van der Waals surface area (Å²) in [6.07, 6.45) is 0.943. The number of hydrogen-bond acceptors (Lipinski definition) is 4. The fourth-order valence-electron chi connectivity index (χ4n) is 4.70. The third-order valence-electron chi connectivity index (χ3n) is 6.94. The largest absolute Gasteiger partial charge is 0.494 e. The number of aryl methyl sites for hydroxylation is 3. The van der Waals surface area contributed by atoms with Crippen molar-refractivity contribution in [2.24, 2.45) is 5.92 Å². The van der Waals surface area contributed by atoms with Crippen molar-refractivity contribution >= 4 is 22.6 Å². The van der Waals surface area contributed by atoms with Crippen molar-refractivity contribution in [3.63, 3.8) is 0 Å². The molecule has 0 bridgehead atoms. The second kappa shape index (κ2) is 9.30. The number of ether oxygens (including phenoxy) is 1. The lowest BCUT2D eigenvalue weighted by Gasteiger charge is -2.25. The van der Waals surface area contributed by atoms with Crippen LogP contribution in [0, 0.1) is 26.7 Å². The first-order valence-corrected chi connectivity index (χ1v) is 12.5. The molecule has 36 heavy (non-hydrogen) atoms. The fraction of sp³-hybridized carbons (Fsp3) is 0.290. The van der Waals surface area contributed by atoms with Crippen molar-refractivity contribution in [2.45, 2.75) is 47.1 Å². The molecule has 5 heteroatoms. The summed E-state index contributed by atoms with van der Waals surface area (Å²) in [5, 5.41) is 0.491. The van der Waals surface area contributed by atoms with Crippen LogP contribution < -0.4 is 15.1 Å². The maximum atomic E-state index is 13.9. The molecule has 1 aliphatic heterocycles. The maximum Gasteiger partial charge on any atom is 0.295 e. The van der Waals surface area contributed by atoms with Gasteiger partial charge in [0.05, 0.1) is 23.6 Å². The number of benzene rings is 3. The number of carbonyl (C=O) groups is 1. The molecule has 0 fully saturated rings. The molecule has 5 rings (SSSR count). The van der Waals surface area contributed by atoms with Gasteiger partial charge < -0.3 is 9.15 Å². The van der Waals surface area contributed by atoms with E-state index in [2.05, 4.69) is 13.8 Å². The van der Waals surface area contributed by atoms with Crippen LogP contribution in [0.3, 0.4) is 0 Å². The highest BCUT2D eigenvalue weighted by Gasteiger charge is 2.43. The lowest BCUT2D eigenvalue weighted by molar-refractivity contribution is 0.0971. The SMILES string of the molecule is Cc1ccc(N2C(=O)c3oc4cc(C)c(C)cc4c(=O)c3C2c2cccc(OCCC(C)C)c2)cc1. The summed E-state index contributed by atoms with van der Waals surface area (Å²) in [7, 11) is 0. The number of anilines is 1. The van der Waals surface area contributed by atoms with Gasteiger partial charge in [0, 0.05) is 5.69 Å². The van der Waals surface area contributed by atoms with Crippen LogP contribution in [0.1, 0.15) is 64.7 Å².